The number of halogens is 2. The minimum atomic E-state index is -0.492. The molecule has 0 spiro atoms. The lowest BCUT2D eigenvalue weighted by Gasteiger charge is -2.11. The molecule has 21 heavy (non-hydrogen) atoms. The molecule has 0 unspecified atom stereocenters. The van der Waals surface area contributed by atoms with Crippen LogP contribution in [0.1, 0.15) is 18.3 Å². The number of aromatic nitrogens is 2. The average molecular weight is 373 g/mol. The van der Waals surface area contributed by atoms with Crippen molar-refractivity contribution in [3.63, 3.8) is 0 Å². The molecule has 2 aromatic rings. The van der Waals surface area contributed by atoms with Gasteiger partial charge < -0.3 is 4.74 Å². The molecular weight excluding hydrogens is 362 g/mol. The first kappa shape index (κ1) is 15.7. The lowest BCUT2D eigenvalue weighted by molar-refractivity contribution is -0.385. The predicted octanol–water partition coefficient (Wildman–Crippen LogP) is 4.46. The highest BCUT2D eigenvalue weighted by molar-refractivity contribution is 9.10. The summed E-state index contributed by atoms with van der Waals surface area (Å²) in [4.78, 5) is 18.8. The summed E-state index contributed by atoms with van der Waals surface area (Å²) in [6.07, 6.45) is 0.604. The van der Waals surface area contributed by atoms with Gasteiger partial charge >= 0.3 is 0 Å². The van der Waals surface area contributed by atoms with E-state index in [-0.39, 0.29) is 16.0 Å². The van der Waals surface area contributed by atoms with Crippen molar-refractivity contribution in [1.29, 1.82) is 0 Å². The van der Waals surface area contributed by atoms with Crippen LogP contribution in [0.4, 0.5) is 5.69 Å². The minimum Gasteiger partial charge on any atom is -0.437 e. The van der Waals surface area contributed by atoms with Crippen molar-refractivity contribution in [2.24, 2.45) is 0 Å². The van der Waals surface area contributed by atoms with Crippen LogP contribution in [-0.4, -0.2) is 14.9 Å². The maximum Gasteiger partial charge on any atom is 0.287 e. The molecule has 0 saturated heterocycles. The van der Waals surface area contributed by atoms with Crippen LogP contribution in [0.5, 0.6) is 11.6 Å². The number of hydrogen-bond donors (Lipinski definition) is 0. The number of rotatable bonds is 4. The molecule has 8 heteroatoms. The predicted molar refractivity (Wildman–Crippen MR) is 82.0 cm³/mol. The van der Waals surface area contributed by atoms with E-state index in [9.17, 15) is 10.1 Å². The monoisotopic (exact) mass is 371 g/mol. The van der Waals surface area contributed by atoms with Gasteiger partial charge in [-0.25, -0.2) is 4.98 Å². The first-order chi connectivity index (χ1) is 9.93. The van der Waals surface area contributed by atoms with Crippen LogP contribution in [0.3, 0.4) is 0 Å². The van der Waals surface area contributed by atoms with Crippen LogP contribution >= 0.6 is 27.5 Å². The quantitative estimate of drug-likeness (QED) is 0.449. The summed E-state index contributed by atoms with van der Waals surface area (Å²) in [5.41, 5.74) is 0.494. The zero-order valence-electron chi connectivity index (χ0n) is 11.3. The van der Waals surface area contributed by atoms with Gasteiger partial charge in [0.05, 0.1) is 4.92 Å². The van der Waals surface area contributed by atoms with E-state index in [1.54, 1.807) is 13.0 Å². The Kier molecular flexibility index (Phi) is 4.74. The lowest BCUT2D eigenvalue weighted by atomic mass is 10.3. The van der Waals surface area contributed by atoms with Gasteiger partial charge in [0.2, 0.25) is 5.88 Å². The van der Waals surface area contributed by atoms with E-state index in [1.165, 1.54) is 12.1 Å². The molecule has 6 nitrogen and oxygen atoms in total. The van der Waals surface area contributed by atoms with Gasteiger partial charge in [-0.2, -0.15) is 4.98 Å². The van der Waals surface area contributed by atoms with Gasteiger partial charge in [0.15, 0.2) is 5.75 Å². The van der Waals surface area contributed by atoms with Crippen LogP contribution < -0.4 is 4.74 Å². The van der Waals surface area contributed by atoms with Crippen molar-refractivity contribution in [3.8, 4) is 11.6 Å². The fraction of sp³-hybridized carbons (Fsp3) is 0.231. The van der Waals surface area contributed by atoms with E-state index in [0.717, 1.165) is 0 Å². The third-order valence-corrected chi connectivity index (χ3v) is 3.92. The largest absolute Gasteiger partial charge is 0.437 e. The summed E-state index contributed by atoms with van der Waals surface area (Å²) < 4.78 is 5.92. The molecule has 0 saturated carbocycles. The smallest absolute Gasteiger partial charge is 0.287 e. The Bertz CT molecular complexity index is 709. The summed E-state index contributed by atoms with van der Waals surface area (Å²) in [5, 5.41) is 11.2. The first-order valence-electron chi connectivity index (χ1n) is 6.07. The standard InChI is InChI=1S/C13H11BrClN3O3/c1-3-10-16-12(15)7(2)13(17-10)21-9-6-4-5-8(11(9)14)18(19)20/h4-6H,3H2,1-2H3. The molecular formula is C13H11BrClN3O3. The molecule has 1 aromatic carbocycles. The second-order valence-electron chi connectivity index (χ2n) is 4.16. The molecule has 1 aromatic heterocycles. The van der Waals surface area contributed by atoms with E-state index in [1.807, 2.05) is 6.92 Å². The second-order valence-corrected chi connectivity index (χ2v) is 5.31. The number of ether oxygens (including phenoxy) is 1. The van der Waals surface area contributed by atoms with Gasteiger partial charge in [-0.1, -0.05) is 24.6 Å². The molecule has 2 rings (SSSR count). The van der Waals surface area contributed by atoms with E-state index in [0.29, 0.717) is 28.7 Å². The zero-order chi connectivity index (χ0) is 15.6. The Labute approximate surface area is 134 Å². The fourth-order valence-corrected chi connectivity index (χ4v) is 2.26. The molecule has 0 bridgehead atoms. The summed E-state index contributed by atoms with van der Waals surface area (Å²) >= 11 is 9.21. The number of aryl methyl sites for hydroxylation is 1. The highest BCUT2D eigenvalue weighted by Gasteiger charge is 2.18. The Balaban J connectivity index is 2.46. The molecule has 0 amide bonds. The van der Waals surface area contributed by atoms with Crippen molar-refractivity contribution >= 4 is 33.2 Å². The van der Waals surface area contributed by atoms with Gasteiger partial charge in [-0.3, -0.25) is 10.1 Å². The van der Waals surface area contributed by atoms with Crippen molar-refractivity contribution in [1.82, 2.24) is 9.97 Å². The maximum absolute atomic E-state index is 10.9. The van der Waals surface area contributed by atoms with Crippen molar-refractivity contribution < 1.29 is 9.66 Å². The topological polar surface area (TPSA) is 78.2 Å². The molecule has 0 aliphatic heterocycles. The van der Waals surface area contributed by atoms with Crippen molar-refractivity contribution in [3.05, 3.63) is 49.3 Å². The average Bonchev–Trinajstić information content (AvgIpc) is 2.45. The molecule has 0 atom stereocenters. The Morgan fingerprint density at radius 2 is 2.14 bits per heavy atom. The van der Waals surface area contributed by atoms with E-state index in [4.69, 9.17) is 16.3 Å². The van der Waals surface area contributed by atoms with Gasteiger partial charge in [0.25, 0.3) is 5.69 Å². The highest BCUT2D eigenvalue weighted by Crippen LogP contribution is 2.37. The van der Waals surface area contributed by atoms with Crippen LogP contribution in [-0.2, 0) is 6.42 Å². The molecule has 0 fully saturated rings. The number of nitro benzene ring substituents is 1. The van der Waals surface area contributed by atoms with Crippen LogP contribution in [0.15, 0.2) is 22.7 Å². The minimum absolute atomic E-state index is 0.0824. The van der Waals surface area contributed by atoms with Gasteiger partial charge in [-0.05, 0) is 28.9 Å². The molecule has 0 aliphatic carbocycles. The third-order valence-electron chi connectivity index (χ3n) is 2.75. The summed E-state index contributed by atoms with van der Waals surface area (Å²) in [7, 11) is 0. The SMILES string of the molecule is CCc1nc(Cl)c(C)c(Oc2cccc([N+](=O)[O-])c2Br)n1. The number of hydrogen-bond acceptors (Lipinski definition) is 5. The van der Waals surface area contributed by atoms with Gasteiger partial charge in [0, 0.05) is 18.1 Å². The summed E-state index contributed by atoms with van der Waals surface area (Å²) in [5.74, 6) is 1.12. The van der Waals surface area contributed by atoms with Crippen LogP contribution in [0, 0.1) is 17.0 Å². The molecule has 0 aliphatic rings. The number of nitrogens with zero attached hydrogens (tertiary/aromatic N) is 3. The molecule has 0 radical (unpaired) electrons. The second kappa shape index (κ2) is 6.36. The Hall–Kier alpha value is -1.73. The summed E-state index contributed by atoms with van der Waals surface area (Å²) in [6.45, 7) is 3.62. The van der Waals surface area contributed by atoms with E-state index < -0.39 is 4.92 Å². The van der Waals surface area contributed by atoms with Crippen LogP contribution in [0.25, 0.3) is 0 Å². The lowest BCUT2D eigenvalue weighted by Crippen LogP contribution is -2.01. The Morgan fingerprint density at radius 1 is 1.43 bits per heavy atom. The van der Waals surface area contributed by atoms with E-state index in [2.05, 4.69) is 25.9 Å². The van der Waals surface area contributed by atoms with Crippen molar-refractivity contribution in [2.45, 2.75) is 20.3 Å². The maximum atomic E-state index is 10.9. The highest BCUT2D eigenvalue weighted by atomic mass is 79.9. The third kappa shape index (κ3) is 3.30. The van der Waals surface area contributed by atoms with Crippen LogP contribution in [0.2, 0.25) is 5.15 Å². The molecule has 110 valence electrons. The number of nitro groups is 1. The van der Waals surface area contributed by atoms with E-state index >= 15 is 0 Å². The summed E-state index contributed by atoms with van der Waals surface area (Å²) in [6, 6.07) is 4.53. The fourth-order valence-electron chi connectivity index (χ4n) is 1.59. The number of benzene rings is 1. The Morgan fingerprint density at radius 3 is 2.76 bits per heavy atom. The molecule has 0 N–H and O–H groups in total. The first-order valence-corrected chi connectivity index (χ1v) is 7.25. The molecule has 1 heterocycles. The van der Waals surface area contributed by atoms with Crippen molar-refractivity contribution in [2.75, 3.05) is 0 Å². The van der Waals surface area contributed by atoms with Gasteiger partial charge in [-0.15, -0.1) is 0 Å². The normalized spacial score (nSPS) is 10.5. The van der Waals surface area contributed by atoms with Gasteiger partial charge in [0.1, 0.15) is 15.5 Å². The zero-order valence-corrected chi connectivity index (χ0v) is 13.6.